The van der Waals surface area contributed by atoms with Gasteiger partial charge in [0.2, 0.25) is 10.0 Å². The van der Waals surface area contributed by atoms with Crippen molar-refractivity contribution in [2.45, 2.75) is 24.7 Å². The van der Waals surface area contributed by atoms with Gasteiger partial charge in [-0.3, -0.25) is 10.1 Å². The number of nitro groups is 1. The highest BCUT2D eigenvalue weighted by molar-refractivity contribution is 7.89. The van der Waals surface area contributed by atoms with Gasteiger partial charge >= 0.3 is 0 Å². The van der Waals surface area contributed by atoms with Crippen molar-refractivity contribution in [1.29, 1.82) is 0 Å². The molecular weight excluding hydrogens is 334 g/mol. The maximum absolute atomic E-state index is 12.8. The summed E-state index contributed by atoms with van der Waals surface area (Å²) in [6, 6.07) is 3.58. The van der Waals surface area contributed by atoms with Gasteiger partial charge in [0.1, 0.15) is 10.6 Å². The third kappa shape index (κ3) is 4.03. The SMILES string of the molecule is CCNCC1CCN(S(=O)(=O)c2ccc([N+](=O)[O-])cc2OC)CC1. The first kappa shape index (κ1) is 18.6. The number of hydrogen-bond donors (Lipinski definition) is 1. The molecule has 1 saturated heterocycles. The van der Waals surface area contributed by atoms with Gasteiger partial charge in [0.05, 0.1) is 18.1 Å². The Labute approximate surface area is 142 Å². The zero-order chi connectivity index (χ0) is 17.7. The van der Waals surface area contributed by atoms with E-state index < -0.39 is 14.9 Å². The summed E-state index contributed by atoms with van der Waals surface area (Å²) in [5.74, 6) is 0.467. The largest absolute Gasteiger partial charge is 0.495 e. The lowest BCUT2D eigenvalue weighted by Gasteiger charge is -2.31. The Kier molecular flexibility index (Phi) is 6.14. The molecule has 1 aliphatic heterocycles. The molecule has 0 saturated carbocycles. The Morgan fingerprint density at radius 1 is 1.38 bits per heavy atom. The molecule has 0 spiro atoms. The molecule has 1 aromatic carbocycles. The van der Waals surface area contributed by atoms with E-state index in [1.807, 2.05) is 6.92 Å². The van der Waals surface area contributed by atoms with Crippen molar-refractivity contribution in [3.05, 3.63) is 28.3 Å². The standard InChI is InChI=1S/C15H23N3O5S/c1-3-16-11-12-6-8-17(9-7-12)24(21,22)15-5-4-13(18(19)20)10-14(15)23-2/h4-5,10,12,16H,3,6-9,11H2,1-2H3. The third-order valence-corrected chi connectivity index (χ3v) is 6.17. The molecule has 0 aliphatic carbocycles. The van der Waals surface area contributed by atoms with Crippen LogP contribution in [0.25, 0.3) is 0 Å². The molecule has 0 aromatic heterocycles. The van der Waals surface area contributed by atoms with Crippen molar-refractivity contribution in [2.75, 3.05) is 33.3 Å². The maximum atomic E-state index is 12.8. The Hall–Kier alpha value is -1.71. The van der Waals surface area contributed by atoms with Gasteiger partial charge in [0, 0.05) is 19.2 Å². The zero-order valence-corrected chi connectivity index (χ0v) is 14.7. The minimum atomic E-state index is -3.73. The fraction of sp³-hybridized carbons (Fsp3) is 0.600. The van der Waals surface area contributed by atoms with Crippen LogP contribution in [0.2, 0.25) is 0 Å². The van der Waals surface area contributed by atoms with Gasteiger partial charge in [0.15, 0.2) is 0 Å². The molecular formula is C15H23N3O5S. The van der Waals surface area contributed by atoms with Crippen LogP contribution in [0.5, 0.6) is 5.75 Å². The molecule has 1 N–H and O–H groups in total. The highest BCUT2D eigenvalue weighted by Gasteiger charge is 2.32. The summed E-state index contributed by atoms with van der Waals surface area (Å²) in [6.45, 7) is 4.72. The van der Waals surface area contributed by atoms with E-state index in [0.29, 0.717) is 19.0 Å². The minimum Gasteiger partial charge on any atom is -0.495 e. The van der Waals surface area contributed by atoms with Gasteiger partial charge in [-0.05, 0) is 37.9 Å². The summed E-state index contributed by atoms with van der Waals surface area (Å²) < 4.78 is 32.2. The summed E-state index contributed by atoms with van der Waals surface area (Å²) >= 11 is 0. The maximum Gasteiger partial charge on any atom is 0.273 e. The van der Waals surface area contributed by atoms with Crippen LogP contribution in [0.1, 0.15) is 19.8 Å². The molecule has 0 atom stereocenters. The van der Waals surface area contributed by atoms with E-state index in [1.165, 1.54) is 23.5 Å². The number of hydrogen-bond acceptors (Lipinski definition) is 6. The minimum absolute atomic E-state index is 0.000951. The van der Waals surface area contributed by atoms with E-state index in [0.717, 1.165) is 32.0 Å². The molecule has 8 nitrogen and oxygen atoms in total. The fourth-order valence-corrected chi connectivity index (χ4v) is 4.43. The summed E-state index contributed by atoms with van der Waals surface area (Å²) in [6.07, 6.45) is 1.59. The number of non-ortho nitro benzene ring substituents is 1. The molecule has 1 fully saturated rings. The lowest BCUT2D eigenvalue weighted by Crippen LogP contribution is -2.40. The average Bonchev–Trinajstić information content (AvgIpc) is 2.59. The Bertz CT molecular complexity index is 684. The second-order valence-electron chi connectivity index (χ2n) is 5.75. The quantitative estimate of drug-likeness (QED) is 0.588. The van der Waals surface area contributed by atoms with Crippen LogP contribution >= 0.6 is 0 Å². The monoisotopic (exact) mass is 357 g/mol. The molecule has 0 radical (unpaired) electrons. The highest BCUT2D eigenvalue weighted by atomic mass is 32.2. The Morgan fingerprint density at radius 3 is 2.58 bits per heavy atom. The van der Waals surface area contributed by atoms with Gasteiger partial charge in [0.25, 0.3) is 5.69 Å². The van der Waals surface area contributed by atoms with Crippen molar-refractivity contribution in [3.63, 3.8) is 0 Å². The van der Waals surface area contributed by atoms with E-state index in [2.05, 4.69) is 5.32 Å². The fourth-order valence-electron chi connectivity index (χ4n) is 2.82. The molecule has 0 bridgehead atoms. The van der Waals surface area contributed by atoms with Crippen LogP contribution in [0.15, 0.2) is 23.1 Å². The molecule has 1 aliphatic rings. The van der Waals surface area contributed by atoms with Gasteiger partial charge in [-0.1, -0.05) is 6.92 Å². The first-order valence-corrected chi connectivity index (χ1v) is 9.37. The molecule has 9 heteroatoms. The van der Waals surface area contributed by atoms with E-state index in [4.69, 9.17) is 4.74 Å². The normalized spacial score (nSPS) is 16.9. The number of ether oxygens (including phenoxy) is 1. The topological polar surface area (TPSA) is 102 Å². The Balaban J connectivity index is 2.18. The summed E-state index contributed by atoms with van der Waals surface area (Å²) in [5, 5.41) is 14.1. The predicted molar refractivity (Wildman–Crippen MR) is 89.7 cm³/mol. The highest BCUT2D eigenvalue weighted by Crippen LogP contribution is 2.32. The smallest absolute Gasteiger partial charge is 0.273 e. The van der Waals surface area contributed by atoms with Crippen molar-refractivity contribution in [1.82, 2.24) is 9.62 Å². The van der Waals surface area contributed by atoms with Gasteiger partial charge in [-0.15, -0.1) is 0 Å². The Morgan fingerprint density at radius 2 is 2.04 bits per heavy atom. The van der Waals surface area contributed by atoms with Crippen molar-refractivity contribution in [3.8, 4) is 5.75 Å². The molecule has 0 unspecified atom stereocenters. The van der Waals surface area contributed by atoms with Crippen molar-refractivity contribution >= 4 is 15.7 Å². The number of piperidine rings is 1. The molecule has 0 amide bonds. The third-order valence-electron chi connectivity index (χ3n) is 4.23. The van der Waals surface area contributed by atoms with Gasteiger partial charge < -0.3 is 10.1 Å². The number of benzene rings is 1. The van der Waals surface area contributed by atoms with Crippen molar-refractivity contribution < 1.29 is 18.1 Å². The average molecular weight is 357 g/mol. The van der Waals surface area contributed by atoms with Crippen LogP contribution in [-0.2, 0) is 10.0 Å². The number of rotatable bonds is 7. The lowest BCUT2D eigenvalue weighted by molar-refractivity contribution is -0.385. The van der Waals surface area contributed by atoms with Crippen LogP contribution in [-0.4, -0.2) is 50.9 Å². The second kappa shape index (κ2) is 7.91. The molecule has 2 rings (SSSR count). The predicted octanol–water partition coefficient (Wildman–Crippen LogP) is 1.61. The van der Waals surface area contributed by atoms with E-state index in [1.54, 1.807) is 0 Å². The lowest BCUT2D eigenvalue weighted by atomic mass is 9.98. The number of sulfonamides is 1. The molecule has 1 heterocycles. The first-order chi connectivity index (χ1) is 11.4. The number of methoxy groups -OCH3 is 1. The first-order valence-electron chi connectivity index (χ1n) is 7.93. The summed E-state index contributed by atoms with van der Waals surface area (Å²) in [7, 11) is -2.42. The van der Waals surface area contributed by atoms with Crippen LogP contribution in [0.3, 0.4) is 0 Å². The second-order valence-corrected chi connectivity index (χ2v) is 7.65. The van der Waals surface area contributed by atoms with Gasteiger partial charge in [-0.25, -0.2) is 8.42 Å². The zero-order valence-electron chi connectivity index (χ0n) is 13.9. The number of nitrogens with zero attached hydrogens (tertiary/aromatic N) is 2. The van der Waals surface area contributed by atoms with Gasteiger partial charge in [-0.2, -0.15) is 4.31 Å². The number of nitrogens with one attached hydrogen (secondary N) is 1. The summed E-state index contributed by atoms with van der Waals surface area (Å²) in [5.41, 5.74) is -0.199. The summed E-state index contributed by atoms with van der Waals surface area (Å²) in [4.78, 5) is 10.2. The van der Waals surface area contributed by atoms with Crippen LogP contribution < -0.4 is 10.1 Å². The number of nitro benzene ring substituents is 1. The van der Waals surface area contributed by atoms with E-state index in [9.17, 15) is 18.5 Å². The van der Waals surface area contributed by atoms with E-state index >= 15 is 0 Å². The molecule has 24 heavy (non-hydrogen) atoms. The van der Waals surface area contributed by atoms with Crippen LogP contribution in [0.4, 0.5) is 5.69 Å². The van der Waals surface area contributed by atoms with E-state index in [-0.39, 0.29) is 16.3 Å². The molecule has 134 valence electrons. The van der Waals surface area contributed by atoms with Crippen molar-refractivity contribution in [2.24, 2.45) is 5.92 Å². The molecule has 1 aromatic rings. The van der Waals surface area contributed by atoms with Crippen LogP contribution in [0, 0.1) is 16.0 Å².